The van der Waals surface area contributed by atoms with E-state index in [-0.39, 0.29) is 120 Å². The highest BCUT2D eigenvalue weighted by Gasteiger charge is 2.39. The number of amides is 16. The van der Waals surface area contributed by atoms with Crippen LogP contribution in [0.3, 0.4) is 0 Å². The zero-order valence-electron chi connectivity index (χ0n) is 75.8. The van der Waals surface area contributed by atoms with E-state index < -0.39 is 93.8 Å². The summed E-state index contributed by atoms with van der Waals surface area (Å²) in [7, 11) is -11.0. The van der Waals surface area contributed by atoms with Gasteiger partial charge < -0.3 is 47.4 Å². The van der Waals surface area contributed by atoms with Gasteiger partial charge in [-0.3, -0.25) is 38.4 Å². The van der Waals surface area contributed by atoms with Crippen molar-refractivity contribution in [1.82, 2.24) is 23.8 Å². The molecule has 8 aromatic carbocycles. The SMILES string of the molecule is CCCNc1ccc2c(c1)CC(=O)N(c1ccc(NC(=O)NS(=O)(=O)c3cc(Cl)c(Cl)s3)cc1)C2=O.CN(C)CCNc1ccc2c(c1)CC(=O)N(c1ccc(NC(=O)NS(=O)(=O)c3cc(Cl)c(Cl)s3)cc1)C2=O.CNc1cc2c(cc1Br)C(=O)N(c1ccc(NC(=O)NS(=O)(=O)c3cc(Cl)c(Cl)s3)cc1)C(=O)C2.O=C(Nc1ccc(N2C(=O)Cc3cc(NCC4CC4)ccc3C2=O)cc1)NS(=O)(=O)c1cc(Cl)c(Cl)s1. The fraction of sp³-hybridized carbons (Fsp3) is 0.174. The quantitative estimate of drug-likeness (QED) is 0.0213. The van der Waals surface area contributed by atoms with Gasteiger partial charge in [-0.2, -0.15) is 0 Å². The van der Waals surface area contributed by atoms with Crippen LogP contribution in [0.15, 0.2) is 209 Å². The summed E-state index contributed by atoms with van der Waals surface area (Å²) in [5, 5.41) is 22.7. The number of imide groups is 4. The maximum absolute atomic E-state index is 13.1. The van der Waals surface area contributed by atoms with Gasteiger partial charge in [0.05, 0.1) is 68.5 Å². The standard InChI is InChI=1S/C24H23Cl2N5O5S2.C24H20Cl2N4O5S2.C23H20Cl2N4O5S2.C21H15BrCl2N4O5S2/c1-30(2)10-9-27-16-5-8-18-14(11-16)12-20(32)31(23(18)33)17-6-3-15(4-7-17)28-24(34)29-38(35,36)21-13-19(25)22(26)37-21;25-19-11-21(36-22(19)26)37(34,35)29-24(33)28-15-3-6-17(7-4-15)30-20(31)10-14-9-16(27-12-13-1-2-13)5-8-18(14)23(30)32;1-2-9-26-15-5-8-17-13(10-15)11-19(30)29(22(17)31)16-6-3-14(4-7-16)27-23(32)28-36(33,34)20-12-18(24)21(25)35-20;1-25-16-6-10-7-17(29)28(20(30)13(10)8-14(16)22)12-4-2-11(3-5-12)26-21(31)27-35(32,33)18-9-15(23)19(24)34-18/h3-8,11,13,27H,9-10,12H2,1-2H3,(H2,28,29,34);3-9,11,13,27H,1-2,10,12H2,(H2,28,29,33);3-8,10,12,26H,2,9,11H2,1H3,(H2,27,28,32);2-6,8-9,25H,7H2,1H3,(H2,26,27,31). The van der Waals surface area contributed by atoms with Crippen LogP contribution in [0.1, 0.15) is 89.9 Å². The number of hydrogen-bond acceptors (Lipinski definition) is 29. The Bertz CT molecular complexity index is 7680. The van der Waals surface area contributed by atoms with Crippen LogP contribution in [0, 0.1) is 5.92 Å². The number of anilines is 12. The van der Waals surface area contributed by atoms with E-state index in [0.29, 0.717) is 100 Å². The highest BCUT2D eigenvalue weighted by molar-refractivity contribution is 9.10. The third-order valence-electron chi connectivity index (χ3n) is 21.6. The number of hydrogen-bond donors (Lipinski definition) is 12. The molecule has 1 saturated carbocycles. The Morgan fingerprint density at radius 1 is 0.356 bits per heavy atom. The highest BCUT2D eigenvalue weighted by atomic mass is 79.9. The molecule has 54 heteroatoms. The van der Waals surface area contributed by atoms with E-state index >= 15 is 0 Å². The van der Waals surface area contributed by atoms with Gasteiger partial charge in [0.15, 0.2) is 0 Å². The molecule has 5 aliphatic rings. The van der Waals surface area contributed by atoms with Gasteiger partial charge in [-0.05, 0) is 266 Å². The molecule has 0 saturated heterocycles. The average molecular weight is 2360 g/mol. The molecule has 0 unspecified atom stereocenters. The van der Waals surface area contributed by atoms with Crippen LogP contribution in [0.5, 0.6) is 0 Å². The van der Waals surface area contributed by atoms with Crippen LogP contribution in [0.25, 0.3) is 0 Å². The fourth-order valence-electron chi connectivity index (χ4n) is 14.5. The molecule has 12 aromatic rings. The maximum Gasteiger partial charge on any atom is 0.333 e. The molecule has 762 valence electrons. The average Bonchev–Trinajstić information content (AvgIpc) is 0.861. The molecule has 0 atom stereocenters. The smallest absolute Gasteiger partial charge is 0.333 e. The number of carbonyl (C=O) groups is 12. The van der Waals surface area contributed by atoms with Gasteiger partial charge in [-0.1, -0.05) is 99.7 Å². The monoisotopic (exact) mass is 2360 g/mol. The van der Waals surface area contributed by atoms with Crippen molar-refractivity contribution < 1.29 is 91.2 Å². The van der Waals surface area contributed by atoms with Crippen molar-refractivity contribution in [2.75, 3.05) is 109 Å². The summed E-state index contributed by atoms with van der Waals surface area (Å²) in [5.41, 5.74) is 9.94. The third kappa shape index (κ3) is 26.7. The molecule has 17 rings (SSSR count). The van der Waals surface area contributed by atoms with Crippen molar-refractivity contribution in [2.45, 2.75) is 68.7 Å². The number of benzene rings is 8. The van der Waals surface area contributed by atoms with Gasteiger partial charge in [-0.25, -0.2) is 91.3 Å². The summed E-state index contributed by atoms with van der Waals surface area (Å²) in [6, 6.07) is 43.5. The van der Waals surface area contributed by atoms with Gasteiger partial charge in [0, 0.05) is 105 Å². The van der Waals surface area contributed by atoms with Crippen molar-refractivity contribution in [3.05, 3.63) is 274 Å². The second-order valence-electron chi connectivity index (χ2n) is 32.4. The topological polar surface area (TPSA) is 502 Å². The number of carbonyl (C=O) groups excluding carboxylic acids is 12. The van der Waals surface area contributed by atoms with Crippen molar-refractivity contribution in [1.29, 1.82) is 0 Å². The molecule has 4 aromatic heterocycles. The molecular formula is C92H78BrCl8N17O20S8. The summed E-state index contributed by atoms with van der Waals surface area (Å²) in [5.74, 6) is -2.63. The van der Waals surface area contributed by atoms with E-state index in [1.807, 2.05) is 69.1 Å². The van der Waals surface area contributed by atoms with E-state index in [2.05, 4.69) is 58.5 Å². The number of urea groups is 4. The van der Waals surface area contributed by atoms with Crippen molar-refractivity contribution in [2.24, 2.45) is 5.92 Å². The summed E-state index contributed by atoms with van der Waals surface area (Å²) < 4.78 is 106. The number of nitrogens with one attached hydrogen (secondary N) is 12. The summed E-state index contributed by atoms with van der Waals surface area (Å²) >= 11 is 52.6. The van der Waals surface area contributed by atoms with E-state index in [0.717, 1.165) is 122 Å². The molecule has 16 amide bonds. The molecule has 146 heavy (non-hydrogen) atoms. The number of nitrogens with zero attached hydrogens (tertiary/aromatic N) is 5. The number of sulfonamides is 4. The molecule has 8 heterocycles. The van der Waals surface area contributed by atoms with Crippen LogP contribution < -0.4 is 81.0 Å². The molecule has 12 N–H and O–H groups in total. The predicted octanol–water partition coefficient (Wildman–Crippen LogP) is 19.6. The second-order valence-corrected chi connectivity index (χ2v) is 49.1. The fourth-order valence-corrected chi connectivity index (χ4v) is 26.2. The Morgan fingerprint density at radius 3 is 0.870 bits per heavy atom. The number of fused-ring (bicyclic) bond motifs is 4. The number of rotatable bonds is 27. The maximum atomic E-state index is 13.1. The van der Waals surface area contributed by atoms with Gasteiger partial charge >= 0.3 is 24.1 Å². The number of thiophene rings is 4. The molecule has 0 radical (unpaired) electrons. The van der Waals surface area contributed by atoms with Crippen LogP contribution in [-0.4, -0.2) is 157 Å². The molecular weight excluding hydrogens is 2280 g/mol. The zero-order valence-corrected chi connectivity index (χ0v) is 90.0. The first-order valence-electron chi connectivity index (χ1n) is 42.9. The van der Waals surface area contributed by atoms with Crippen LogP contribution in [0.2, 0.25) is 37.4 Å². The first-order chi connectivity index (χ1) is 69.1. The van der Waals surface area contributed by atoms with E-state index in [4.69, 9.17) is 92.8 Å². The second kappa shape index (κ2) is 46.6. The number of halogens is 9. The zero-order chi connectivity index (χ0) is 105. The lowest BCUT2D eigenvalue weighted by Crippen LogP contribution is -2.42. The summed E-state index contributed by atoms with van der Waals surface area (Å²) in [6.07, 6.45) is 3.64. The minimum Gasteiger partial charge on any atom is -0.387 e. The van der Waals surface area contributed by atoms with Crippen molar-refractivity contribution >= 4 is 334 Å². The minimum absolute atomic E-state index is 0.0417. The van der Waals surface area contributed by atoms with Crippen molar-refractivity contribution in [3.63, 3.8) is 0 Å². The Morgan fingerprint density at radius 2 is 0.616 bits per heavy atom. The third-order valence-corrected chi connectivity index (χ3v) is 37.0. The Hall–Kier alpha value is -12.0. The summed E-state index contributed by atoms with van der Waals surface area (Å²) in [6.45, 7) is 5.27. The molecule has 37 nitrogen and oxygen atoms in total. The van der Waals surface area contributed by atoms with Gasteiger partial charge in [0.1, 0.15) is 34.2 Å². The van der Waals surface area contributed by atoms with E-state index in [9.17, 15) is 91.2 Å². The van der Waals surface area contributed by atoms with Crippen LogP contribution in [0.4, 0.5) is 87.4 Å². The molecule has 0 spiro atoms. The number of likely N-dealkylation sites (N-methyl/N-ethyl adjacent to an activating group) is 1. The van der Waals surface area contributed by atoms with Gasteiger partial charge in [0.25, 0.3) is 63.7 Å². The van der Waals surface area contributed by atoms with Gasteiger partial charge in [-0.15, -0.1) is 45.3 Å². The first kappa shape index (κ1) is 110. The van der Waals surface area contributed by atoms with Crippen LogP contribution >= 0.6 is 154 Å². The predicted molar refractivity (Wildman–Crippen MR) is 573 cm³/mol. The van der Waals surface area contributed by atoms with Crippen molar-refractivity contribution in [3.8, 4) is 0 Å². The van der Waals surface area contributed by atoms with Crippen LogP contribution in [-0.2, 0) is 85.0 Å². The molecule has 4 aliphatic heterocycles. The minimum atomic E-state index is -4.18. The summed E-state index contributed by atoms with van der Waals surface area (Å²) in [4.78, 5) is 159. The Balaban J connectivity index is 0.000000154. The Kier molecular flexibility index (Phi) is 35.0. The van der Waals surface area contributed by atoms with Gasteiger partial charge in [0.2, 0.25) is 23.6 Å². The lowest BCUT2D eigenvalue weighted by Gasteiger charge is -2.27. The lowest BCUT2D eigenvalue weighted by atomic mass is 9.97. The first-order valence-corrected chi connectivity index (χ1v) is 55.9. The lowest BCUT2D eigenvalue weighted by molar-refractivity contribution is -0.118. The molecule has 0 bridgehead atoms. The van der Waals surface area contributed by atoms with E-state index in [1.165, 1.54) is 110 Å². The highest BCUT2D eigenvalue weighted by Crippen LogP contribution is 2.42. The largest absolute Gasteiger partial charge is 0.387 e. The molecule has 1 aliphatic carbocycles. The molecule has 1 fully saturated rings. The van der Waals surface area contributed by atoms with E-state index in [1.54, 1.807) is 49.5 Å². The normalized spacial score (nSPS) is 13.9. The Labute approximate surface area is 899 Å².